The molecule has 1 atom stereocenters. The van der Waals surface area contributed by atoms with Gasteiger partial charge in [-0.3, -0.25) is 14.9 Å². The Labute approximate surface area is 162 Å². The molecule has 0 aliphatic heterocycles. The van der Waals surface area contributed by atoms with Gasteiger partial charge in [-0.15, -0.1) is 0 Å². The second-order valence-corrected chi connectivity index (χ2v) is 5.79. The molecule has 0 heterocycles. The Kier molecular flexibility index (Phi) is 6.71. The molecule has 7 nitrogen and oxygen atoms in total. The van der Waals surface area contributed by atoms with Gasteiger partial charge in [-0.2, -0.15) is 13.2 Å². The van der Waals surface area contributed by atoms with E-state index in [9.17, 15) is 32.9 Å². The van der Waals surface area contributed by atoms with Crippen molar-refractivity contribution < 1.29 is 32.4 Å². The molecule has 2 aromatic carbocycles. The maximum atomic E-state index is 12.5. The summed E-state index contributed by atoms with van der Waals surface area (Å²) in [4.78, 5) is 34.2. The summed E-state index contributed by atoms with van der Waals surface area (Å²) < 4.78 is 42.5. The molecule has 152 valence electrons. The van der Waals surface area contributed by atoms with Crippen molar-refractivity contribution in [2.75, 3.05) is 5.32 Å². The Hall–Kier alpha value is -3.69. The maximum absolute atomic E-state index is 12.5. The summed E-state index contributed by atoms with van der Waals surface area (Å²) in [5, 5.41) is 13.2. The highest BCUT2D eigenvalue weighted by atomic mass is 19.4. The number of hydrogen-bond acceptors (Lipinski definition) is 5. The van der Waals surface area contributed by atoms with Crippen molar-refractivity contribution in [1.29, 1.82) is 0 Å². The molecule has 0 aromatic heterocycles. The summed E-state index contributed by atoms with van der Waals surface area (Å²) in [5.74, 6) is -1.67. The molecule has 2 aromatic rings. The Balaban J connectivity index is 1.95. The number of nitrogens with one attached hydrogen (secondary N) is 1. The summed E-state index contributed by atoms with van der Waals surface area (Å²) in [5.41, 5.74) is -0.794. The molecule has 0 aliphatic carbocycles. The van der Waals surface area contributed by atoms with Crippen molar-refractivity contribution in [2.24, 2.45) is 0 Å². The third-order valence-electron chi connectivity index (χ3n) is 3.67. The normalized spacial score (nSPS) is 12.4. The number of nitro benzene ring substituents is 1. The van der Waals surface area contributed by atoms with E-state index >= 15 is 0 Å². The van der Waals surface area contributed by atoms with Gasteiger partial charge in [-0.1, -0.05) is 12.1 Å². The molecule has 0 aliphatic rings. The van der Waals surface area contributed by atoms with Crippen LogP contribution in [0.15, 0.2) is 54.6 Å². The lowest BCUT2D eigenvalue weighted by atomic mass is 10.1. The number of amides is 1. The van der Waals surface area contributed by atoms with Crippen LogP contribution in [0.1, 0.15) is 18.1 Å². The molecule has 0 unspecified atom stereocenters. The zero-order chi connectivity index (χ0) is 21.6. The van der Waals surface area contributed by atoms with E-state index in [1.54, 1.807) is 6.07 Å². The first kappa shape index (κ1) is 21.6. The summed E-state index contributed by atoms with van der Waals surface area (Å²) in [6.45, 7) is 1.27. The number of anilines is 1. The molecule has 1 N–H and O–H groups in total. The molecule has 0 saturated heterocycles. The van der Waals surface area contributed by atoms with Gasteiger partial charge >= 0.3 is 12.1 Å². The number of hydrogen-bond donors (Lipinski definition) is 1. The Morgan fingerprint density at radius 2 is 1.76 bits per heavy atom. The van der Waals surface area contributed by atoms with Crippen molar-refractivity contribution in [3.63, 3.8) is 0 Å². The zero-order valence-electron chi connectivity index (χ0n) is 15.0. The zero-order valence-corrected chi connectivity index (χ0v) is 15.0. The molecule has 29 heavy (non-hydrogen) atoms. The number of rotatable bonds is 6. The van der Waals surface area contributed by atoms with Crippen molar-refractivity contribution >= 4 is 29.3 Å². The first-order chi connectivity index (χ1) is 13.6. The quantitative estimate of drug-likeness (QED) is 0.334. The molecular weight excluding hydrogens is 393 g/mol. The van der Waals surface area contributed by atoms with E-state index in [1.807, 2.05) is 0 Å². The van der Waals surface area contributed by atoms with Gasteiger partial charge < -0.3 is 10.1 Å². The maximum Gasteiger partial charge on any atom is 0.416 e. The van der Waals surface area contributed by atoms with Crippen LogP contribution in [0.25, 0.3) is 6.08 Å². The van der Waals surface area contributed by atoms with E-state index in [0.29, 0.717) is 0 Å². The highest BCUT2D eigenvalue weighted by Gasteiger charge is 2.30. The van der Waals surface area contributed by atoms with E-state index in [1.165, 1.54) is 31.2 Å². The lowest BCUT2D eigenvalue weighted by Gasteiger charge is -2.13. The number of carbonyl (C=O) groups excluding carboxylic acids is 2. The third-order valence-corrected chi connectivity index (χ3v) is 3.67. The molecule has 2 rings (SSSR count). The first-order valence-electron chi connectivity index (χ1n) is 8.18. The first-order valence-corrected chi connectivity index (χ1v) is 8.18. The van der Waals surface area contributed by atoms with E-state index in [0.717, 1.165) is 30.3 Å². The molecule has 10 heteroatoms. The van der Waals surface area contributed by atoms with Crippen LogP contribution < -0.4 is 5.32 Å². The van der Waals surface area contributed by atoms with Gasteiger partial charge in [0.1, 0.15) is 0 Å². The van der Waals surface area contributed by atoms with E-state index in [2.05, 4.69) is 5.32 Å². The smallest absolute Gasteiger partial charge is 0.416 e. The summed E-state index contributed by atoms with van der Waals surface area (Å²) >= 11 is 0. The average molecular weight is 408 g/mol. The number of alkyl halides is 3. The van der Waals surface area contributed by atoms with Crippen molar-refractivity contribution in [3.8, 4) is 0 Å². The predicted molar refractivity (Wildman–Crippen MR) is 97.8 cm³/mol. The molecular formula is C19H15F3N2O5. The second kappa shape index (κ2) is 9.00. The second-order valence-electron chi connectivity index (χ2n) is 5.79. The van der Waals surface area contributed by atoms with Crippen LogP contribution in [0, 0.1) is 10.1 Å². The number of nitro groups is 1. The lowest BCUT2D eigenvalue weighted by Crippen LogP contribution is -2.29. The third kappa shape index (κ3) is 6.16. The fourth-order valence-electron chi connectivity index (χ4n) is 2.21. The van der Waals surface area contributed by atoms with Crippen LogP contribution >= 0.6 is 0 Å². The average Bonchev–Trinajstić information content (AvgIpc) is 2.66. The minimum Gasteiger partial charge on any atom is -0.449 e. The number of halogens is 3. The topological polar surface area (TPSA) is 98.5 Å². The number of benzene rings is 2. The van der Waals surface area contributed by atoms with Crippen molar-refractivity contribution in [2.45, 2.75) is 19.2 Å². The van der Waals surface area contributed by atoms with Gasteiger partial charge in [0.2, 0.25) is 0 Å². The highest BCUT2D eigenvalue weighted by Crippen LogP contribution is 2.29. The van der Waals surface area contributed by atoms with Crippen LogP contribution in [0.3, 0.4) is 0 Å². The molecule has 1 amide bonds. The van der Waals surface area contributed by atoms with Crippen molar-refractivity contribution in [3.05, 3.63) is 75.8 Å². The Bertz CT molecular complexity index is 940. The van der Waals surface area contributed by atoms with Gasteiger partial charge in [-0.05, 0) is 43.3 Å². The van der Waals surface area contributed by atoms with Crippen LogP contribution in [-0.4, -0.2) is 22.9 Å². The van der Waals surface area contributed by atoms with E-state index in [-0.39, 0.29) is 16.9 Å². The van der Waals surface area contributed by atoms with E-state index in [4.69, 9.17) is 4.74 Å². The Morgan fingerprint density at radius 3 is 2.34 bits per heavy atom. The van der Waals surface area contributed by atoms with Crippen LogP contribution in [0.5, 0.6) is 0 Å². The Morgan fingerprint density at radius 1 is 1.14 bits per heavy atom. The monoisotopic (exact) mass is 408 g/mol. The molecule has 0 bridgehead atoms. The van der Waals surface area contributed by atoms with Crippen molar-refractivity contribution in [1.82, 2.24) is 0 Å². The fraction of sp³-hybridized carbons (Fsp3) is 0.158. The van der Waals surface area contributed by atoms with Gasteiger partial charge in [0.15, 0.2) is 6.10 Å². The molecule has 0 spiro atoms. The highest BCUT2D eigenvalue weighted by molar-refractivity contribution is 5.96. The summed E-state index contributed by atoms with van der Waals surface area (Å²) in [6.07, 6.45) is -3.63. The number of esters is 1. The fourth-order valence-corrected chi connectivity index (χ4v) is 2.21. The number of para-hydroxylation sites is 1. The van der Waals surface area contributed by atoms with Gasteiger partial charge in [0.05, 0.1) is 16.1 Å². The minimum atomic E-state index is -4.49. The van der Waals surface area contributed by atoms with E-state index < -0.39 is 34.6 Å². The largest absolute Gasteiger partial charge is 0.449 e. The summed E-state index contributed by atoms with van der Waals surface area (Å²) in [7, 11) is 0. The van der Waals surface area contributed by atoms with Gasteiger partial charge in [-0.25, -0.2) is 4.79 Å². The number of nitrogens with zero attached hydrogens (tertiary/aromatic N) is 1. The summed E-state index contributed by atoms with van der Waals surface area (Å²) in [6, 6.07) is 9.49. The predicted octanol–water partition coefficient (Wildman–Crippen LogP) is 4.20. The molecule has 0 saturated carbocycles. The standard InChI is InChI=1S/C19H15F3N2O5/c1-12(18(26)23-15-9-7-14(8-10-15)19(20,21)22)29-17(25)11-6-13-4-2-3-5-16(13)24(27)28/h2-12H,1H3,(H,23,26)/b11-6+/t12-/m1/s1. The van der Waals surface area contributed by atoms with Crippen LogP contribution in [-0.2, 0) is 20.5 Å². The van der Waals surface area contributed by atoms with Crippen LogP contribution in [0.2, 0.25) is 0 Å². The van der Waals surface area contributed by atoms with Gasteiger partial charge in [0, 0.05) is 17.8 Å². The lowest BCUT2D eigenvalue weighted by molar-refractivity contribution is -0.385. The number of ether oxygens (including phenoxy) is 1. The number of carbonyl (C=O) groups is 2. The SMILES string of the molecule is C[C@@H](OC(=O)/C=C/c1ccccc1[N+](=O)[O-])C(=O)Nc1ccc(C(F)(F)F)cc1. The molecule has 0 fully saturated rings. The molecule has 0 radical (unpaired) electrons. The minimum absolute atomic E-state index is 0.0985. The van der Waals surface area contributed by atoms with Crippen LogP contribution in [0.4, 0.5) is 24.5 Å². The van der Waals surface area contributed by atoms with Gasteiger partial charge in [0.25, 0.3) is 11.6 Å².